The first-order valence-corrected chi connectivity index (χ1v) is 5.07. The van der Waals surface area contributed by atoms with Gasteiger partial charge in [-0.2, -0.15) is 0 Å². The van der Waals surface area contributed by atoms with E-state index in [9.17, 15) is 4.79 Å². The van der Waals surface area contributed by atoms with Gasteiger partial charge in [0.25, 0.3) is 0 Å². The summed E-state index contributed by atoms with van der Waals surface area (Å²) in [5, 5.41) is 0. The minimum Gasteiger partial charge on any atom is -0.497 e. The Morgan fingerprint density at radius 2 is 2.07 bits per heavy atom. The van der Waals surface area contributed by atoms with Gasteiger partial charge in [-0.05, 0) is 17.7 Å². The molecule has 1 aliphatic heterocycles. The lowest BCUT2D eigenvalue weighted by molar-refractivity contribution is -0.128. The van der Waals surface area contributed by atoms with Gasteiger partial charge >= 0.3 is 0 Å². The summed E-state index contributed by atoms with van der Waals surface area (Å²) in [4.78, 5) is 11.3. The molecule has 0 aromatic heterocycles. The summed E-state index contributed by atoms with van der Waals surface area (Å²) in [7, 11) is 1.63. The van der Waals surface area contributed by atoms with Crippen molar-refractivity contribution < 1.29 is 14.3 Å². The Morgan fingerprint density at radius 3 is 2.67 bits per heavy atom. The van der Waals surface area contributed by atoms with Crippen LogP contribution in [-0.4, -0.2) is 19.5 Å². The quantitative estimate of drug-likeness (QED) is 0.743. The molecule has 0 amide bonds. The first-order chi connectivity index (χ1) is 7.29. The first kappa shape index (κ1) is 10.2. The van der Waals surface area contributed by atoms with Gasteiger partial charge in [-0.1, -0.05) is 12.1 Å². The highest BCUT2D eigenvalue weighted by Gasteiger charge is 2.21. The Morgan fingerprint density at radius 1 is 1.33 bits per heavy atom. The number of rotatable bonds is 2. The Hall–Kier alpha value is -1.35. The molecule has 1 aromatic carbocycles. The van der Waals surface area contributed by atoms with Crippen molar-refractivity contribution in [1.29, 1.82) is 0 Å². The van der Waals surface area contributed by atoms with Crippen LogP contribution in [0.1, 0.15) is 24.5 Å². The second-order valence-electron chi connectivity index (χ2n) is 3.63. The topological polar surface area (TPSA) is 35.5 Å². The van der Waals surface area contributed by atoms with Gasteiger partial charge in [0.2, 0.25) is 0 Å². The van der Waals surface area contributed by atoms with E-state index in [1.54, 1.807) is 7.11 Å². The minimum atomic E-state index is -0.0721. The molecule has 1 fully saturated rings. The van der Waals surface area contributed by atoms with Crippen LogP contribution in [0.3, 0.4) is 0 Å². The van der Waals surface area contributed by atoms with Gasteiger partial charge in [-0.25, -0.2) is 0 Å². The van der Waals surface area contributed by atoms with E-state index in [-0.39, 0.29) is 11.9 Å². The maximum Gasteiger partial charge on any atom is 0.138 e. The van der Waals surface area contributed by atoms with Crippen LogP contribution in [0.2, 0.25) is 0 Å². The number of hydrogen-bond donors (Lipinski definition) is 0. The molecule has 0 unspecified atom stereocenters. The van der Waals surface area contributed by atoms with Gasteiger partial charge in [0.1, 0.15) is 11.5 Å². The molecule has 15 heavy (non-hydrogen) atoms. The predicted octanol–water partition coefficient (Wildman–Crippen LogP) is 2.12. The fraction of sp³-hybridized carbons (Fsp3) is 0.417. The molecule has 1 aliphatic rings. The molecule has 1 atom stereocenters. The number of carbonyl (C=O) groups excluding carboxylic acids is 1. The molecule has 0 spiro atoms. The lowest BCUT2D eigenvalue weighted by Crippen LogP contribution is -2.19. The molecule has 2 rings (SSSR count). The third kappa shape index (κ3) is 2.36. The van der Waals surface area contributed by atoms with Gasteiger partial charge in [-0.3, -0.25) is 4.79 Å². The summed E-state index contributed by atoms with van der Waals surface area (Å²) in [5.41, 5.74) is 1.05. The van der Waals surface area contributed by atoms with Crippen molar-refractivity contribution in [3.63, 3.8) is 0 Å². The molecule has 1 heterocycles. The van der Waals surface area contributed by atoms with Crippen molar-refractivity contribution in [3.05, 3.63) is 29.8 Å². The molecule has 0 N–H and O–H groups in total. The lowest BCUT2D eigenvalue weighted by Gasteiger charge is -2.22. The fourth-order valence-electron chi connectivity index (χ4n) is 1.72. The van der Waals surface area contributed by atoms with Crippen LogP contribution in [0, 0.1) is 0 Å². The number of ketones is 1. The van der Waals surface area contributed by atoms with Crippen molar-refractivity contribution in [1.82, 2.24) is 0 Å². The highest BCUT2D eigenvalue weighted by atomic mass is 16.5. The van der Waals surface area contributed by atoms with Crippen LogP contribution >= 0.6 is 0 Å². The van der Waals surface area contributed by atoms with Gasteiger partial charge < -0.3 is 9.47 Å². The monoisotopic (exact) mass is 206 g/mol. The molecule has 0 saturated carbocycles. The third-order valence-electron chi connectivity index (χ3n) is 2.60. The number of methoxy groups -OCH3 is 1. The fourth-order valence-corrected chi connectivity index (χ4v) is 1.72. The number of benzene rings is 1. The second-order valence-corrected chi connectivity index (χ2v) is 3.63. The molecular formula is C12H14O3. The van der Waals surface area contributed by atoms with Crippen LogP contribution in [0.4, 0.5) is 0 Å². The zero-order chi connectivity index (χ0) is 10.7. The Kier molecular flexibility index (Phi) is 3.02. The molecule has 80 valence electrons. The van der Waals surface area contributed by atoms with E-state index in [2.05, 4.69) is 0 Å². The van der Waals surface area contributed by atoms with E-state index >= 15 is 0 Å². The summed E-state index contributed by atoms with van der Waals surface area (Å²) >= 11 is 0. The Balaban J connectivity index is 2.11. The average molecular weight is 206 g/mol. The van der Waals surface area contributed by atoms with E-state index in [0.717, 1.165) is 11.3 Å². The molecular weight excluding hydrogens is 192 g/mol. The van der Waals surface area contributed by atoms with Crippen LogP contribution in [0.5, 0.6) is 5.75 Å². The molecule has 3 heteroatoms. The van der Waals surface area contributed by atoms with Crippen LogP contribution in [-0.2, 0) is 9.53 Å². The Bertz CT molecular complexity index is 342. The number of ether oxygens (including phenoxy) is 2. The average Bonchev–Trinajstić information content (AvgIpc) is 2.29. The first-order valence-electron chi connectivity index (χ1n) is 5.07. The minimum absolute atomic E-state index is 0.0721. The molecule has 3 nitrogen and oxygen atoms in total. The van der Waals surface area contributed by atoms with Crippen LogP contribution in [0.15, 0.2) is 24.3 Å². The standard InChI is InChI=1S/C12H14O3/c1-14-11-4-2-9(3-5-11)12-8-10(13)6-7-15-12/h2-5,12H,6-8H2,1H3/t12-/m1/s1. The predicted molar refractivity (Wildman–Crippen MR) is 55.9 cm³/mol. The van der Waals surface area contributed by atoms with Crippen molar-refractivity contribution >= 4 is 5.78 Å². The van der Waals surface area contributed by atoms with E-state index in [1.165, 1.54) is 0 Å². The van der Waals surface area contributed by atoms with Gasteiger partial charge in [0.15, 0.2) is 0 Å². The second kappa shape index (κ2) is 4.45. The van der Waals surface area contributed by atoms with Crippen LogP contribution in [0.25, 0.3) is 0 Å². The summed E-state index contributed by atoms with van der Waals surface area (Å²) in [6.45, 7) is 0.537. The Labute approximate surface area is 89.0 Å². The lowest BCUT2D eigenvalue weighted by atomic mass is 10.0. The summed E-state index contributed by atoms with van der Waals surface area (Å²) in [6, 6.07) is 7.67. The van der Waals surface area contributed by atoms with Crippen molar-refractivity contribution in [3.8, 4) is 5.75 Å². The largest absolute Gasteiger partial charge is 0.497 e. The van der Waals surface area contributed by atoms with Gasteiger partial charge in [0, 0.05) is 12.8 Å². The molecule has 0 bridgehead atoms. The highest BCUT2D eigenvalue weighted by Crippen LogP contribution is 2.27. The molecule has 0 radical (unpaired) electrons. The summed E-state index contributed by atoms with van der Waals surface area (Å²) in [5.74, 6) is 1.10. The van der Waals surface area contributed by atoms with E-state index < -0.39 is 0 Å². The zero-order valence-electron chi connectivity index (χ0n) is 8.73. The normalized spacial score (nSPS) is 21.4. The van der Waals surface area contributed by atoms with Crippen molar-refractivity contribution in [2.24, 2.45) is 0 Å². The SMILES string of the molecule is COc1ccc([C@H]2CC(=O)CCO2)cc1. The van der Waals surface area contributed by atoms with Crippen molar-refractivity contribution in [2.75, 3.05) is 13.7 Å². The molecule has 1 aromatic rings. The summed E-state index contributed by atoms with van der Waals surface area (Å²) in [6.07, 6.45) is 0.969. The van der Waals surface area contributed by atoms with Crippen LogP contribution < -0.4 is 4.74 Å². The van der Waals surface area contributed by atoms with E-state index in [1.807, 2.05) is 24.3 Å². The molecule has 1 saturated heterocycles. The van der Waals surface area contributed by atoms with Gasteiger partial charge in [0.05, 0.1) is 19.8 Å². The van der Waals surface area contributed by atoms with Crippen molar-refractivity contribution in [2.45, 2.75) is 18.9 Å². The number of carbonyl (C=O) groups is 1. The third-order valence-corrected chi connectivity index (χ3v) is 2.60. The van der Waals surface area contributed by atoms with E-state index in [0.29, 0.717) is 19.4 Å². The maximum atomic E-state index is 11.3. The highest BCUT2D eigenvalue weighted by molar-refractivity contribution is 5.79. The maximum absolute atomic E-state index is 11.3. The van der Waals surface area contributed by atoms with Gasteiger partial charge in [-0.15, -0.1) is 0 Å². The zero-order valence-corrected chi connectivity index (χ0v) is 8.73. The van der Waals surface area contributed by atoms with E-state index in [4.69, 9.17) is 9.47 Å². The number of Topliss-reactive ketones (excluding diaryl/α,β-unsaturated/α-hetero) is 1. The smallest absolute Gasteiger partial charge is 0.138 e. The summed E-state index contributed by atoms with van der Waals surface area (Å²) < 4.78 is 10.6. The molecule has 0 aliphatic carbocycles. The number of hydrogen-bond acceptors (Lipinski definition) is 3.